The molecule has 0 fully saturated rings. The van der Waals surface area contributed by atoms with Crippen LogP contribution in [0.5, 0.6) is 0 Å². The van der Waals surface area contributed by atoms with Crippen LogP contribution >= 0.6 is 0 Å². The molecule has 3 nitrogen and oxygen atoms in total. The summed E-state index contributed by atoms with van der Waals surface area (Å²) in [5, 5.41) is 2.96. The highest BCUT2D eigenvalue weighted by molar-refractivity contribution is 5.69. The minimum Gasteiger partial charge on any atom is -0.355 e. The molecule has 0 atom stereocenters. The molecule has 0 aliphatic rings. The van der Waals surface area contributed by atoms with Crippen molar-refractivity contribution in [2.45, 2.75) is 6.92 Å². The van der Waals surface area contributed by atoms with Gasteiger partial charge < -0.3 is 5.32 Å². The summed E-state index contributed by atoms with van der Waals surface area (Å²) >= 11 is 0. The Kier molecular flexibility index (Phi) is 4.18. The third-order valence-corrected chi connectivity index (χ3v) is 2.45. The van der Waals surface area contributed by atoms with Gasteiger partial charge in [0.05, 0.1) is 0 Å². The van der Waals surface area contributed by atoms with Gasteiger partial charge in [-0.15, -0.1) is 0 Å². The van der Waals surface area contributed by atoms with Gasteiger partial charge in [-0.25, -0.2) is 18.7 Å². The topological polar surface area (TPSA) is 37.8 Å². The highest BCUT2D eigenvalue weighted by atomic mass is 19.1. The average molecular weight is 261 g/mol. The Labute approximate surface area is 110 Å². The average Bonchev–Trinajstić information content (AvgIpc) is 2.40. The van der Waals surface area contributed by atoms with Gasteiger partial charge in [0.1, 0.15) is 11.6 Å². The third-order valence-electron chi connectivity index (χ3n) is 2.45. The Balaban J connectivity index is 2.18. The first-order valence-electron chi connectivity index (χ1n) is 5.88. The van der Waals surface area contributed by atoms with Crippen LogP contribution in [0.4, 0.5) is 14.7 Å². The van der Waals surface area contributed by atoms with Crippen LogP contribution in [0.3, 0.4) is 0 Å². The molecule has 0 saturated carbocycles. The molecule has 0 aliphatic heterocycles. The van der Waals surface area contributed by atoms with Crippen molar-refractivity contribution in [3.05, 3.63) is 53.4 Å². The second-order valence-corrected chi connectivity index (χ2v) is 3.84. The van der Waals surface area contributed by atoms with E-state index in [1.807, 2.05) is 6.92 Å². The molecule has 1 aromatic carbocycles. The van der Waals surface area contributed by atoms with Gasteiger partial charge in [0, 0.05) is 30.1 Å². The van der Waals surface area contributed by atoms with E-state index in [2.05, 4.69) is 15.3 Å². The molecule has 0 spiro atoms. The van der Waals surface area contributed by atoms with E-state index in [1.54, 1.807) is 18.5 Å². The van der Waals surface area contributed by atoms with E-state index in [0.29, 0.717) is 11.5 Å². The summed E-state index contributed by atoms with van der Waals surface area (Å²) < 4.78 is 26.8. The van der Waals surface area contributed by atoms with Crippen molar-refractivity contribution in [2.75, 3.05) is 11.9 Å². The molecular weight excluding hydrogens is 248 g/mol. The van der Waals surface area contributed by atoms with E-state index in [9.17, 15) is 8.78 Å². The van der Waals surface area contributed by atoms with E-state index >= 15 is 0 Å². The summed E-state index contributed by atoms with van der Waals surface area (Å²) in [6.07, 6.45) is 6.11. The van der Waals surface area contributed by atoms with Crippen LogP contribution in [0.25, 0.3) is 12.2 Å². The summed E-state index contributed by atoms with van der Waals surface area (Å²) in [5.41, 5.74) is 0.600. The van der Waals surface area contributed by atoms with Gasteiger partial charge in [-0.1, -0.05) is 12.1 Å². The SMILES string of the molecule is CCNc1ncc(/C=C/c2c(F)cccc2F)cn1. The number of hydrogen-bond acceptors (Lipinski definition) is 3. The van der Waals surface area contributed by atoms with Crippen molar-refractivity contribution >= 4 is 18.1 Å². The van der Waals surface area contributed by atoms with Gasteiger partial charge in [0.25, 0.3) is 0 Å². The van der Waals surface area contributed by atoms with Crippen molar-refractivity contribution in [3.63, 3.8) is 0 Å². The van der Waals surface area contributed by atoms with E-state index < -0.39 is 11.6 Å². The molecule has 2 rings (SSSR count). The van der Waals surface area contributed by atoms with Crippen LogP contribution in [0.2, 0.25) is 0 Å². The van der Waals surface area contributed by atoms with E-state index in [1.165, 1.54) is 24.3 Å². The predicted octanol–water partition coefficient (Wildman–Crippen LogP) is 3.36. The lowest BCUT2D eigenvalue weighted by Crippen LogP contribution is -2.01. The van der Waals surface area contributed by atoms with Crippen LogP contribution < -0.4 is 5.32 Å². The highest BCUT2D eigenvalue weighted by Crippen LogP contribution is 2.15. The van der Waals surface area contributed by atoms with E-state index in [4.69, 9.17) is 0 Å². The minimum absolute atomic E-state index is 0.0711. The van der Waals surface area contributed by atoms with Crippen molar-refractivity contribution in [1.82, 2.24) is 9.97 Å². The normalized spacial score (nSPS) is 10.9. The third kappa shape index (κ3) is 3.34. The zero-order valence-electron chi connectivity index (χ0n) is 10.4. The Morgan fingerprint density at radius 2 is 1.74 bits per heavy atom. The molecule has 19 heavy (non-hydrogen) atoms. The molecule has 1 aromatic heterocycles. The van der Waals surface area contributed by atoms with Gasteiger partial charge in [-0.05, 0) is 25.1 Å². The molecule has 1 N–H and O–H groups in total. The zero-order valence-corrected chi connectivity index (χ0v) is 10.4. The van der Waals surface area contributed by atoms with Crippen molar-refractivity contribution in [2.24, 2.45) is 0 Å². The molecule has 0 amide bonds. The summed E-state index contributed by atoms with van der Waals surface area (Å²) in [4.78, 5) is 8.13. The lowest BCUT2D eigenvalue weighted by atomic mass is 10.1. The first-order valence-corrected chi connectivity index (χ1v) is 5.88. The van der Waals surface area contributed by atoms with Gasteiger partial charge in [0.2, 0.25) is 5.95 Å². The Bertz CT molecular complexity index is 559. The fourth-order valence-corrected chi connectivity index (χ4v) is 1.52. The lowest BCUT2D eigenvalue weighted by molar-refractivity contribution is 0.579. The molecule has 0 saturated heterocycles. The van der Waals surface area contributed by atoms with E-state index in [-0.39, 0.29) is 5.56 Å². The van der Waals surface area contributed by atoms with Crippen molar-refractivity contribution in [1.29, 1.82) is 0 Å². The summed E-state index contributed by atoms with van der Waals surface area (Å²) in [5.74, 6) is -0.667. The highest BCUT2D eigenvalue weighted by Gasteiger charge is 2.04. The summed E-state index contributed by atoms with van der Waals surface area (Å²) in [6.45, 7) is 2.67. The molecule has 0 unspecified atom stereocenters. The summed E-state index contributed by atoms with van der Waals surface area (Å²) in [7, 11) is 0. The number of benzene rings is 1. The first kappa shape index (κ1) is 13.1. The van der Waals surface area contributed by atoms with Crippen LogP contribution in [0, 0.1) is 11.6 Å². The standard InChI is InChI=1S/C14H13F2N3/c1-2-17-14-18-8-10(9-19-14)6-7-11-12(15)4-3-5-13(11)16/h3-9H,2H2,1H3,(H,17,18,19)/b7-6+. The van der Waals surface area contributed by atoms with Crippen LogP contribution in [-0.2, 0) is 0 Å². The van der Waals surface area contributed by atoms with Crippen molar-refractivity contribution < 1.29 is 8.78 Å². The Morgan fingerprint density at radius 1 is 1.11 bits per heavy atom. The number of rotatable bonds is 4. The number of aromatic nitrogens is 2. The molecular formula is C14H13F2N3. The molecule has 0 bridgehead atoms. The molecule has 5 heteroatoms. The van der Waals surface area contributed by atoms with Crippen molar-refractivity contribution in [3.8, 4) is 0 Å². The minimum atomic E-state index is -0.596. The fourth-order valence-electron chi connectivity index (χ4n) is 1.52. The molecule has 0 aliphatic carbocycles. The van der Waals surface area contributed by atoms with Gasteiger partial charge in [-0.3, -0.25) is 0 Å². The lowest BCUT2D eigenvalue weighted by Gasteiger charge is -2.01. The number of anilines is 1. The smallest absolute Gasteiger partial charge is 0.222 e. The first-order chi connectivity index (χ1) is 9.20. The number of nitrogens with zero attached hydrogens (tertiary/aromatic N) is 2. The zero-order chi connectivity index (χ0) is 13.7. The number of hydrogen-bond donors (Lipinski definition) is 1. The Morgan fingerprint density at radius 3 is 2.32 bits per heavy atom. The monoisotopic (exact) mass is 261 g/mol. The molecule has 98 valence electrons. The number of nitrogens with one attached hydrogen (secondary N) is 1. The fraction of sp³-hybridized carbons (Fsp3) is 0.143. The van der Waals surface area contributed by atoms with Crippen LogP contribution in [0.15, 0.2) is 30.6 Å². The second kappa shape index (κ2) is 6.04. The Hall–Kier alpha value is -2.30. The molecule has 1 heterocycles. The van der Waals surface area contributed by atoms with E-state index in [0.717, 1.165) is 6.54 Å². The largest absolute Gasteiger partial charge is 0.355 e. The van der Waals surface area contributed by atoms with Gasteiger partial charge >= 0.3 is 0 Å². The maximum Gasteiger partial charge on any atom is 0.222 e. The maximum absolute atomic E-state index is 13.4. The molecule has 2 aromatic rings. The summed E-state index contributed by atoms with van der Waals surface area (Å²) in [6, 6.07) is 3.76. The number of halogens is 2. The van der Waals surface area contributed by atoms with Gasteiger partial charge in [0.15, 0.2) is 0 Å². The molecule has 0 radical (unpaired) electrons. The predicted molar refractivity (Wildman–Crippen MR) is 71.5 cm³/mol. The van der Waals surface area contributed by atoms with Crippen LogP contribution in [-0.4, -0.2) is 16.5 Å². The van der Waals surface area contributed by atoms with Gasteiger partial charge in [-0.2, -0.15) is 0 Å². The maximum atomic E-state index is 13.4. The van der Waals surface area contributed by atoms with Crippen LogP contribution in [0.1, 0.15) is 18.1 Å². The second-order valence-electron chi connectivity index (χ2n) is 3.84. The quantitative estimate of drug-likeness (QED) is 0.917.